The Morgan fingerprint density at radius 3 is 2.63 bits per heavy atom. The molecule has 1 amide bonds. The summed E-state index contributed by atoms with van der Waals surface area (Å²) in [6.07, 6.45) is 0. The first-order chi connectivity index (χ1) is 16.8. The van der Waals surface area contributed by atoms with Crippen molar-refractivity contribution in [3.8, 4) is 5.69 Å². The fraction of sp³-hybridized carbons (Fsp3) is 0.154. The normalized spacial score (nSPS) is 12.2. The van der Waals surface area contributed by atoms with Gasteiger partial charge in [-0.05, 0) is 68.3 Å². The largest absolute Gasteiger partial charge is 0.325 e. The third-order valence-corrected chi connectivity index (χ3v) is 6.79. The number of hydrogen-bond acceptors (Lipinski definition) is 5. The SMILES string of the molecule is Cc1ccc(C)c(-n2c(=O)c3ccccc3n3c(SC(C)C(=O)Nc4cccc(F)c4)nnc23)c1. The summed E-state index contributed by atoms with van der Waals surface area (Å²) in [5.41, 5.74) is 3.51. The Morgan fingerprint density at radius 2 is 1.83 bits per heavy atom. The van der Waals surface area contributed by atoms with Gasteiger partial charge in [-0.3, -0.25) is 14.0 Å². The van der Waals surface area contributed by atoms with Crippen molar-refractivity contribution >= 4 is 40.0 Å². The summed E-state index contributed by atoms with van der Waals surface area (Å²) >= 11 is 1.21. The van der Waals surface area contributed by atoms with Crippen molar-refractivity contribution in [1.82, 2.24) is 19.2 Å². The van der Waals surface area contributed by atoms with Gasteiger partial charge >= 0.3 is 0 Å². The van der Waals surface area contributed by atoms with E-state index < -0.39 is 11.1 Å². The minimum absolute atomic E-state index is 0.192. The fourth-order valence-electron chi connectivity index (χ4n) is 3.95. The minimum atomic E-state index is -0.564. The molecule has 0 aliphatic carbocycles. The Bertz CT molecular complexity index is 1660. The number of thioether (sulfide) groups is 1. The molecule has 176 valence electrons. The van der Waals surface area contributed by atoms with Gasteiger partial charge in [0, 0.05) is 5.69 Å². The number of fused-ring (bicyclic) bond motifs is 3. The lowest BCUT2D eigenvalue weighted by atomic mass is 10.1. The number of carbonyl (C=O) groups is 1. The van der Waals surface area contributed by atoms with Crippen molar-refractivity contribution in [2.24, 2.45) is 0 Å². The lowest BCUT2D eigenvalue weighted by Crippen LogP contribution is -2.24. The minimum Gasteiger partial charge on any atom is -0.325 e. The Morgan fingerprint density at radius 1 is 1.03 bits per heavy atom. The maximum Gasteiger partial charge on any atom is 0.267 e. The lowest BCUT2D eigenvalue weighted by Gasteiger charge is -2.15. The van der Waals surface area contributed by atoms with Crippen molar-refractivity contribution in [3.05, 3.63) is 94.0 Å². The molecule has 0 radical (unpaired) electrons. The van der Waals surface area contributed by atoms with E-state index in [0.29, 0.717) is 27.5 Å². The second-order valence-corrected chi connectivity index (χ2v) is 9.63. The number of halogens is 1. The van der Waals surface area contributed by atoms with Gasteiger partial charge in [-0.15, -0.1) is 10.2 Å². The zero-order chi connectivity index (χ0) is 24.7. The highest BCUT2D eigenvalue weighted by molar-refractivity contribution is 8.00. The number of anilines is 1. The number of rotatable bonds is 5. The highest BCUT2D eigenvalue weighted by Gasteiger charge is 2.23. The number of aryl methyl sites for hydroxylation is 2. The maximum atomic E-state index is 13.6. The van der Waals surface area contributed by atoms with Crippen LogP contribution in [0.5, 0.6) is 0 Å². The third-order valence-electron chi connectivity index (χ3n) is 5.74. The second kappa shape index (κ2) is 8.99. The van der Waals surface area contributed by atoms with Gasteiger partial charge in [0.1, 0.15) is 5.82 Å². The first-order valence-corrected chi connectivity index (χ1v) is 11.9. The van der Waals surface area contributed by atoms with Gasteiger partial charge in [0.2, 0.25) is 11.7 Å². The molecule has 7 nitrogen and oxygen atoms in total. The van der Waals surface area contributed by atoms with E-state index in [9.17, 15) is 14.0 Å². The van der Waals surface area contributed by atoms with Crippen molar-refractivity contribution in [3.63, 3.8) is 0 Å². The van der Waals surface area contributed by atoms with Gasteiger partial charge in [0.15, 0.2) is 5.16 Å². The van der Waals surface area contributed by atoms with Crippen LogP contribution in [0, 0.1) is 19.7 Å². The predicted octanol–water partition coefficient (Wildman–Crippen LogP) is 4.91. The van der Waals surface area contributed by atoms with E-state index in [2.05, 4.69) is 15.5 Å². The van der Waals surface area contributed by atoms with Crippen LogP contribution in [0.3, 0.4) is 0 Å². The molecule has 0 saturated heterocycles. The van der Waals surface area contributed by atoms with Crippen LogP contribution in [0.25, 0.3) is 22.4 Å². The molecule has 0 aliphatic rings. The van der Waals surface area contributed by atoms with Crippen LogP contribution >= 0.6 is 11.8 Å². The molecule has 0 saturated carbocycles. The number of amides is 1. The molecule has 0 fully saturated rings. The maximum absolute atomic E-state index is 13.6. The van der Waals surface area contributed by atoms with E-state index in [1.54, 1.807) is 28.0 Å². The van der Waals surface area contributed by atoms with E-state index >= 15 is 0 Å². The molecule has 9 heteroatoms. The molecule has 35 heavy (non-hydrogen) atoms. The summed E-state index contributed by atoms with van der Waals surface area (Å²) in [6.45, 7) is 5.65. The van der Waals surface area contributed by atoms with Crippen molar-refractivity contribution in [2.75, 3.05) is 5.32 Å². The van der Waals surface area contributed by atoms with Gasteiger partial charge in [0.25, 0.3) is 5.56 Å². The third kappa shape index (κ3) is 4.19. The van der Waals surface area contributed by atoms with Crippen LogP contribution in [0.2, 0.25) is 0 Å². The molecule has 0 bridgehead atoms. The van der Waals surface area contributed by atoms with Crippen LogP contribution in [0.15, 0.2) is 76.7 Å². The van der Waals surface area contributed by atoms with E-state index in [0.717, 1.165) is 16.8 Å². The van der Waals surface area contributed by atoms with E-state index in [1.807, 2.05) is 50.2 Å². The van der Waals surface area contributed by atoms with Crippen LogP contribution in [-0.2, 0) is 4.79 Å². The average molecular weight is 488 g/mol. The molecule has 0 spiro atoms. The molecule has 3 aromatic carbocycles. The molecular weight excluding hydrogens is 465 g/mol. The Labute approximate surface area is 204 Å². The smallest absolute Gasteiger partial charge is 0.267 e. The van der Waals surface area contributed by atoms with Gasteiger partial charge in [0.05, 0.1) is 21.8 Å². The fourth-order valence-corrected chi connectivity index (χ4v) is 4.81. The highest BCUT2D eigenvalue weighted by atomic mass is 32.2. The van der Waals surface area contributed by atoms with Crippen molar-refractivity contribution < 1.29 is 9.18 Å². The summed E-state index contributed by atoms with van der Waals surface area (Å²) in [5.74, 6) is -0.366. The number of benzene rings is 3. The molecular formula is C26H22FN5O2S. The van der Waals surface area contributed by atoms with Crippen LogP contribution in [0.1, 0.15) is 18.1 Å². The lowest BCUT2D eigenvalue weighted by molar-refractivity contribution is -0.115. The number of para-hydroxylation sites is 1. The highest BCUT2D eigenvalue weighted by Crippen LogP contribution is 2.27. The van der Waals surface area contributed by atoms with Gasteiger partial charge in [-0.1, -0.05) is 42.1 Å². The quantitative estimate of drug-likeness (QED) is 0.356. The Kier molecular flexibility index (Phi) is 5.86. The topological polar surface area (TPSA) is 81.3 Å². The number of nitrogens with zero attached hydrogens (tertiary/aromatic N) is 4. The molecule has 1 atom stereocenters. The summed E-state index contributed by atoms with van der Waals surface area (Å²) < 4.78 is 16.9. The average Bonchev–Trinajstić information content (AvgIpc) is 3.24. The second-order valence-electron chi connectivity index (χ2n) is 8.33. The Balaban J connectivity index is 1.61. The van der Waals surface area contributed by atoms with Crippen molar-refractivity contribution in [2.45, 2.75) is 31.2 Å². The molecule has 1 unspecified atom stereocenters. The van der Waals surface area contributed by atoms with E-state index in [1.165, 1.54) is 30.0 Å². The zero-order valence-electron chi connectivity index (χ0n) is 19.3. The van der Waals surface area contributed by atoms with Gasteiger partial charge in [-0.2, -0.15) is 0 Å². The Hall–Kier alpha value is -3.98. The number of hydrogen-bond donors (Lipinski definition) is 1. The van der Waals surface area contributed by atoms with E-state index in [4.69, 9.17) is 0 Å². The van der Waals surface area contributed by atoms with Crippen LogP contribution < -0.4 is 10.9 Å². The van der Waals surface area contributed by atoms with Crippen molar-refractivity contribution in [1.29, 1.82) is 0 Å². The molecule has 2 heterocycles. The summed E-state index contributed by atoms with van der Waals surface area (Å²) in [6, 6.07) is 18.9. The zero-order valence-corrected chi connectivity index (χ0v) is 20.1. The number of aromatic nitrogens is 4. The first-order valence-electron chi connectivity index (χ1n) is 11.0. The molecule has 1 N–H and O–H groups in total. The van der Waals surface area contributed by atoms with Gasteiger partial charge in [-0.25, -0.2) is 8.96 Å². The number of carbonyl (C=O) groups excluding carboxylic acids is 1. The summed E-state index contributed by atoms with van der Waals surface area (Å²) in [7, 11) is 0. The van der Waals surface area contributed by atoms with E-state index in [-0.39, 0.29) is 11.5 Å². The monoisotopic (exact) mass is 487 g/mol. The molecule has 2 aromatic heterocycles. The first kappa shape index (κ1) is 22.8. The van der Waals surface area contributed by atoms with Crippen LogP contribution in [0.4, 0.5) is 10.1 Å². The van der Waals surface area contributed by atoms with Crippen LogP contribution in [-0.4, -0.2) is 30.3 Å². The van der Waals surface area contributed by atoms with Gasteiger partial charge < -0.3 is 5.32 Å². The standard InChI is InChI=1S/C26H22FN5O2S/c1-15-11-12-16(2)22(13-15)31-24(34)20-9-4-5-10-21(20)32-25(31)29-30-26(32)35-17(3)23(33)28-19-8-6-7-18(27)14-19/h4-14,17H,1-3H3,(H,28,33). The number of nitrogens with one attached hydrogen (secondary N) is 1. The molecule has 5 rings (SSSR count). The molecule has 0 aliphatic heterocycles. The summed E-state index contributed by atoms with van der Waals surface area (Å²) in [4.78, 5) is 26.4. The predicted molar refractivity (Wildman–Crippen MR) is 136 cm³/mol. The summed E-state index contributed by atoms with van der Waals surface area (Å²) in [5, 5.41) is 11.8. The molecule has 5 aromatic rings.